The number of benzene rings is 2. The number of hydrogen-bond donors (Lipinski definition) is 2. The van der Waals surface area contributed by atoms with Crippen molar-refractivity contribution in [1.82, 2.24) is 4.90 Å². The van der Waals surface area contributed by atoms with Gasteiger partial charge in [0.25, 0.3) is 0 Å². The van der Waals surface area contributed by atoms with E-state index in [0.29, 0.717) is 42.1 Å². The molecule has 1 amide bonds. The molecule has 2 unspecified atom stereocenters. The fourth-order valence-electron chi connectivity index (χ4n) is 5.40. The molecular formula is C28H35Cl2NO3. The van der Waals surface area contributed by atoms with Gasteiger partial charge in [0.05, 0.1) is 23.6 Å². The van der Waals surface area contributed by atoms with Crippen molar-refractivity contribution >= 4 is 29.1 Å². The molecule has 34 heavy (non-hydrogen) atoms. The SMILES string of the molecule is C=CC[C@@]1(C)C[C@H](c2cccc(Cl)c2)[C@@H](c2ccc(Cl)cc2)N(C(CC)C(O)CCCO)C1=O. The fraction of sp³-hybridized carbons (Fsp3) is 0.464. The molecule has 1 aliphatic heterocycles. The van der Waals surface area contributed by atoms with Crippen LogP contribution in [-0.2, 0) is 4.79 Å². The summed E-state index contributed by atoms with van der Waals surface area (Å²) in [6.07, 6.45) is 3.72. The van der Waals surface area contributed by atoms with E-state index in [0.717, 1.165) is 11.1 Å². The van der Waals surface area contributed by atoms with Crippen molar-refractivity contribution in [2.24, 2.45) is 5.41 Å². The second-order valence-electron chi connectivity index (χ2n) is 9.54. The van der Waals surface area contributed by atoms with Crippen molar-refractivity contribution < 1.29 is 15.0 Å². The molecular weight excluding hydrogens is 469 g/mol. The van der Waals surface area contributed by atoms with E-state index in [2.05, 4.69) is 12.6 Å². The molecule has 0 radical (unpaired) electrons. The second kappa shape index (κ2) is 11.7. The van der Waals surface area contributed by atoms with Crippen LogP contribution in [0, 0.1) is 5.41 Å². The highest BCUT2D eigenvalue weighted by Crippen LogP contribution is 2.52. The van der Waals surface area contributed by atoms with Crippen LogP contribution in [0.5, 0.6) is 0 Å². The Bertz CT molecular complexity index is 980. The van der Waals surface area contributed by atoms with Gasteiger partial charge in [-0.2, -0.15) is 0 Å². The molecule has 1 fully saturated rings. The number of rotatable bonds is 10. The highest BCUT2D eigenvalue weighted by atomic mass is 35.5. The summed E-state index contributed by atoms with van der Waals surface area (Å²) in [6, 6.07) is 14.7. The Morgan fingerprint density at radius 2 is 1.88 bits per heavy atom. The standard InChI is InChI=1S/C28H35Cl2NO3/c1-4-15-28(3)18-23(20-8-6-9-22(30)17-20)26(19-11-13-21(29)14-12-19)31(27(28)34)24(5-2)25(33)10-7-16-32/h4,6,8-9,11-14,17,23-26,32-33H,1,5,7,10,15-16,18H2,2-3H3/t23-,24?,25?,26-,28+/m1/s1. The fourth-order valence-corrected chi connectivity index (χ4v) is 5.72. The van der Waals surface area contributed by atoms with Gasteiger partial charge in [0, 0.05) is 22.6 Å². The van der Waals surface area contributed by atoms with E-state index in [-0.39, 0.29) is 24.5 Å². The first-order valence-electron chi connectivity index (χ1n) is 12.0. The zero-order valence-corrected chi connectivity index (χ0v) is 21.5. The van der Waals surface area contributed by atoms with E-state index in [4.69, 9.17) is 23.2 Å². The van der Waals surface area contributed by atoms with Crippen molar-refractivity contribution in [2.75, 3.05) is 6.61 Å². The monoisotopic (exact) mass is 503 g/mol. The quantitative estimate of drug-likeness (QED) is 0.361. The first kappa shape index (κ1) is 26.7. The largest absolute Gasteiger partial charge is 0.396 e. The van der Waals surface area contributed by atoms with E-state index < -0.39 is 17.6 Å². The van der Waals surface area contributed by atoms with Crippen molar-refractivity contribution in [1.29, 1.82) is 0 Å². The maximum atomic E-state index is 14.2. The van der Waals surface area contributed by atoms with Crippen LogP contribution in [0.4, 0.5) is 0 Å². The van der Waals surface area contributed by atoms with Crippen LogP contribution >= 0.6 is 23.2 Å². The van der Waals surface area contributed by atoms with Gasteiger partial charge in [-0.05, 0) is 67.5 Å². The average molecular weight is 504 g/mol. The smallest absolute Gasteiger partial charge is 0.229 e. The Morgan fingerprint density at radius 1 is 1.18 bits per heavy atom. The highest BCUT2D eigenvalue weighted by Gasteiger charge is 2.51. The van der Waals surface area contributed by atoms with E-state index in [1.165, 1.54) is 0 Å². The van der Waals surface area contributed by atoms with Gasteiger partial charge < -0.3 is 15.1 Å². The third-order valence-electron chi connectivity index (χ3n) is 7.06. The molecule has 4 nitrogen and oxygen atoms in total. The van der Waals surface area contributed by atoms with E-state index in [9.17, 15) is 15.0 Å². The lowest BCUT2D eigenvalue weighted by molar-refractivity contribution is -0.158. The van der Waals surface area contributed by atoms with Gasteiger partial charge in [0.1, 0.15) is 0 Å². The summed E-state index contributed by atoms with van der Waals surface area (Å²) in [5, 5.41) is 21.8. The molecule has 1 saturated heterocycles. The maximum Gasteiger partial charge on any atom is 0.229 e. The first-order valence-corrected chi connectivity index (χ1v) is 12.7. The summed E-state index contributed by atoms with van der Waals surface area (Å²) in [5.74, 6) is -0.0258. The highest BCUT2D eigenvalue weighted by molar-refractivity contribution is 6.30. The normalized spacial score (nSPS) is 24.6. The molecule has 0 aromatic heterocycles. The van der Waals surface area contributed by atoms with Crippen molar-refractivity contribution in [3.63, 3.8) is 0 Å². The summed E-state index contributed by atoms with van der Waals surface area (Å²) < 4.78 is 0. The lowest BCUT2D eigenvalue weighted by Gasteiger charge is -2.53. The molecule has 1 heterocycles. The molecule has 0 saturated carbocycles. The minimum absolute atomic E-state index is 0.00136. The molecule has 2 aromatic carbocycles. The Labute approximate surface area is 213 Å². The lowest BCUT2D eigenvalue weighted by Crippen LogP contribution is -2.58. The number of allylic oxidation sites excluding steroid dienone is 1. The van der Waals surface area contributed by atoms with E-state index in [1.54, 1.807) is 6.08 Å². The molecule has 0 bridgehead atoms. The summed E-state index contributed by atoms with van der Waals surface area (Å²) in [6.45, 7) is 7.90. The number of halogens is 2. The number of piperidine rings is 1. The van der Waals surface area contributed by atoms with Gasteiger partial charge in [-0.25, -0.2) is 0 Å². The molecule has 0 aliphatic carbocycles. The number of aliphatic hydroxyl groups excluding tert-OH is 2. The average Bonchev–Trinajstić information content (AvgIpc) is 2.81. The minimum atomic E-state index is -0.748. The Hall–Kier alpha value is -1.85. The second-order valence-corrected chi connectivity index (χ2v) is 10.4. The third-order valence-corrected chi connectivity index (χ3v) is 7.55. The summed E-state index contributed by atoms with van der Waals surface area (Å²) in [5.41, 5.74) is 1.36. The zero-order chi connectivity index (χ0) is 24.9. The van der Waals surface area contributed by atoms with E-state index in [1.807, 2.05) is 61.2 Å². The molecule has 1 aliphatic rings. The number of carbonyl (C=O) groups excluding carboxylic acids is 1. The van der Waals surface area contributed by atoms with Crippen molar-refractivity contribution in [2.45, 2.75) is 70.1 Å². The number of nitrogens with zero attached hydrogens (tertiary/aromatic N) is 1. The number of hydrogen-bond acceptors (Lipinski definition) is 3. The Balaban J connectivity index is 2.21. The topological polar surface area (TPSA) is 60.8 Å². The number of amides is 1. The predicted octanol–water partition coefficient (Wildman–Crippen LogP) is 6.55. The van der Waals surface area contributed by atoms with Crippen LogP contribution in [-0.4, -0.2) is 39.8 Å². The van der Waals surface area contributed by atoms with Crippen LogP contribution < -0.4 is 0 Å². The zero-order valence-electron chi connectivity index (χ0n) is 20.0. The summed E-state index contributed by atoms with van der Waals surface area (Å²) >= 11 is 12.6. The first-order chi connectivity index (χ1) is 16.3. The van der Waals surface area contributed by atoms with E-state index >= 15 is 0 Å². The summed E-state index contributed by atoms with van der Waals surface area (Å²) in [4.78, 5) is 16.1. The van der Waals surface area contributed by atoms with Gasteiger partial charge in [-0.3, -0.25) is 4.79 Å². The van der Waals surface area contributed by atoms with Crippen LogP contribution in [0.2, 0.25) is 10.0 Å². The molecule has 184 valence electrons. The predicted molar refractivity (Wildman–Crippen MR) is 139 cm³/mol. The number of aliphatic hydroxyl groups is 2. The van der Waals surface area contributed by atoms with Gasteiger partial charge in [0.15, 0.2) is 0 Å². The summed E-state index contributed by atoms with van der Waals surface area (Å²) in [7, 11) is 0. The van der Waals surface area contributed by atoms with Crippen LogP contribution in [0.3, 0.4) is 0 Å². The number of likely N-dealkylation sites (tertiary alicyclic amines) is 1. The molecule has 2 aromatic rings. The van der Waals surface area contributed by atoms with Gasteiger partial charge >= 0.3 is 0 Å². The van der Waals surface area contributed by atoms with Crippen LogP contribution in [0.15, 0.2) is 61.2 Å². The van der Waals surface area contributed by atoms with Gasteiger partial charge in [-0.1, -0.05) is 67.4 Å². The van der Waals surface area contributed by atoms with Gasteiger partial charge in [0.2, 0.25) is 5.91 Å². The molecule has 6 heteroatoms. The minimum Gasteiger partial charge on any atom is -0.396 e. The van der Waals surface area contributed by atoms with Crippen LogP contribution in [0.25, 0.3) is 0 Å². The molecule has 5 atom stereocenters. The van der Waals surface area contributed by atoms with Crippen LogP contribution in [0.1, 0.15) is 69.0 Å². The Morgan fingerprint density at radius 3 is 2.47 bits per heavy atom. The lowest BCUT2D eigenvalue weighted by atomic mass is 9.66. The maximum absolute atomic E-state index is 14.2. The van der Waals surface area contributed by atoms with Crippen molar-refractivity contribution in [3.8, 4) is 0 Å². The third kappa shape index (κ3) is 5.68. The molecule has 3 rings (SSSR count). The van der Waals surface area contributed by atoms with Crippen molar-refractivity contribution in [3.05, 3.63) is 82.4 Å². The molecule has 0 spiro atoms. The number of carbonyl (C=O) groups is 1. The van der Waals surface area contributed by atoms with Gasteiger partial charge in [-0.15, -0.1) is 6.58 Å². The Kier molecular flexibility index (Phi) is 9.22. The molecule has 2 N–H and O–H groups in total.